The normalized spacial score (nSPS) is 12.3. The van der Waals surface area contributed by atoms with E-state index in [-0.39, 0.29) is 17.4 Å². The molecule has 160 valence electrons. The van der Waals surface area contributed by atoms with Crippen LogP contribution in [0.3, 0.4) is 0 Å². The smallest absolute Gasteiger partial charge is 0.267 e. The van der Waals surface area contributed by atoms with Crippen molar-refractivity contribution in [2.45, 2.75) is 38.1 Å². The van der Waals surface area contributed by atoms with Gasteiger partial charge < -0.3 is 4.52 Å². The summed E-state index contributed by atoms with van der Waals surface area (Å²) >= 11 is 8.70. The minimum absolute atomic E-state index is 0.171. The van der Waals surface area contributed by atoms with Crippen LogP contribution in [0.15, 0.2) is 44.8 Å². The van der Waals surface area contributed by atoms with E-state index < -0.39 is 5.25 Å². The molecule has 0 saturated heterocycles. The van der Waals surface area contributed by atoms with Crippen molar-refractivity contribution in [2.24, 2.45) is 0 Å². The highest BCUT2D eigenvalue weighted by Gasteiger charge is 2.23. The van der Waals surface area contributed by atoms with Crippen LogP contribution in [-0.4, -0.2) is 25.9 Å². The molecule has 1 unspecified atom stereocenters. The minimum Gasteiger partial charge on any atom is -0.338 e. The summed E-state index contributed by atoms with van der Waals surface area (Å²) in [6, 6.07) is 8.60. The van der Waals surface area contributed by atoms with Crippen molar-refractivity contribution in [1.82, 2.24) is 14.7 Å². The summed E-state index contributed by atoms with van der Waals surface area (Å²) in [7, 11) is 0. The third-order valence-electron chi connectivity index (χ3n) is 4.78. The quantitative estimate of drug-likeness (QED) is 0.318. The van der Waals surface area contributed by atoms with Crippen molar-refractivity contribution >= 4 is 56.7 Å². The molecule has 0 bridgehead atoms. The Morgan fingerprint density at radius 1 is 1.26 bits per heavy atom. The van der Waals surface area contributed by atoms with Crippen molar-refractivity contribution in [3.05, 3.63) is 61.8 Å². The monoisotopic (exact) mass is 474 g/mol. The Labute approximate surface area is 191 Å². The molecule has 10 heteroatoms. The van der Waals surface area contributed by atoms with Gasteiger partial charge in [-0.2, -0.15) is 0 Å². The van der Waals surface area contributed by atoms with E-state index in [2.05, 4.69) is 10.5 Å². The maximum atomic E-state index is 13.5. The number of aryl methyl sites for hydroxylation is 3. The van der Waals surface area contributed by atoms with Gasteiger partial charge in [0.25, 0.3) is 5.56 Å². The zero-order chi connectivity index (χ0) is 22.3. The summed E-state index contributed by atoms with van der Waals surface area (Å²) in [6.07, 6.45) is 0. The Morgan fingerprint density at radius 3 is 2.61 bits per heavy atom. The number of fused-ring (bicyclic) bond motifs is 1. The summed E-state index contributed by atoms with van der Waals surface area (Å²) in [5.41, 5.74) is 2.05. The molecule has 3 heterocycles. The molecular weight excluding hydrogens is 456 g/mol. The van der Waals surface area contributed by atoms with E-state index in [0.717, 1.165) is 10.4 Å². The average Bonchev–Trinajstić information content (AvgIpc) is 3.25. The number of carbonyl (C=O) groups is 1. The van der Waals surface area contributed by atoms with E-state index in [1.54, 1.807) is 44.2 Å². The highest BCUT2D eigenvalue weighted by Crippen LogP contribution is 2.31. The second-order valence-electron chi connectivity index (χ2n) is 7.06. The molecule has 4 rings (SSSR count). The van der Waals surface area contributed by atoms with Crippen LogP contribution >= 0.6 is 34.7 Å². The fourth-order valence-corrected chi connectivity index (χ4v) is 5.15. The maximum Gasteiger partial charge on any atom is 0.267 e. The maximum absolute atomic E-state index is 13.5. The number of benzene rings is 1. The molecule has 7 nitrogen and oxygen atoms in total. The van der Waals surface area contributed by atoms with Crippen LogP contribution in [0, 0.1) is 20.8 Å². The topological polar surface area (TPSA) is 90.0 Å². The number of rotatable bonds is 5. The molecule has 1 N–H and O–H groups in total. The summed E-state index contributed by atoms with van der Waals surface area (Å²) < 4.78 is 6.59. The van der Waals surface area contributed by atoms with Gasteiger partial charge in [-0.05, 0) is 57.5 Å². The molecule has 4 aromatic rings. The number of nitrogens with zero attached hydrogens (tertiary/aromatic N) is 3. The summed E-state index contributed by atoms with van der Waals surface area (Å²) in [6.45, 7) is 7.41. The average molecular weight is 475 g/mol. The highest BCUT2D eigenvalue weighted by molar-refractivity contribution is 8.00. The minimum atomic E-state index is -0.546. The third kappa shape index (κ3) is 4.26. The number of thiophene rings is 1. The number of anilines is 1. The lowest BCUT2D eigenvalue weighted by Gasteiger charge is -2.15. The van der Waals surface area contributed by atoms with Crippen LogP contribution in [0.25, 0.3) is 15.9 Å². The molecule has 1 amide bonds. The Bertz CT molecular complexity index is 1340. The number of carbonyl (C=O) groups excluding carboxylic acids is 1. The molecule has 3 aromatic heterocycles. The first-order valence-electron chi connectivity index (χ1n) is 9.44. The zero-order valence-corrected chi connectivity index (χ0v) is 19.6. The fourth-order valence-electron chi connectivity index (χ4n) is 3.03. The van der Waals surface area contributed by atoms with E-state index in [1.165, 1.54) is 27.7 Å². The fraction of sp³-hybridized carbons (Fsp3) is 0.238. The molecule has 0 aliphatic rings. The van der Waals surface area contributed by atoms with Gasteiger partial charge in [0.1, 0.15) is 4.83 Å². The van der Waals surface area contributed by atoms with Gasteiger partial charge in [0.2, 0.25) is 11.8 Å². The Hall–Kier alpha value is -2.62. The number of nitrogens with one attached hydrogen (secondary N) is 1. The van der Waals surface area contributed by atoms with E-state index in [4.69, 9.17) is 21.1 Å². The Morgan fingerprint density at radius 2 is 1.97 bits per heavy atom. The molecule has 31 heavy (non-hydrogen) atoms. The first-order chi connectivity index (χ1) is 14.7. The molecule has 1 atom stereocenters. The summed E-state index contributed by atoms with van der Waals surface area (Å²) in [5, 5.41) is 7.51. The van der Waals surface area contributed by atoms with E-state index in [9.17, 15) is 9.59 Å². The van der Waals surface area contributed by atoms with Crippen LogP contribution in [0.4, 0.5) is 5.88 Å². The number of hydrogen-bond acceptors (Lipinski definition) is 7. The van der Waals surface area contributed by atoms with Crippen molar-refractivity contribution in [1.29, 1.82) is 0 Å². The largest absolute Gasteiger partial charge is 0.338 e. The molecule has 0 fully saturated rings. The van der Waals surface area contributed by atoms with Crippen molar-refractivity contribution < 1.29 is 9.32 Å². The first-order valence-corrected chi connectivity index (χ1v) is 11.5. The Kier molecular flexibility index (Phi) is 5.92. The van der Waals surface area contributed by atoms with E-state index in [1.807, 2.05) is 13.8 Å². The predicted molar refractivity (Wildman–Crippen MR) is 125 cm³/mol. The van der Waals surface area contributed by atoms with Crippen molar-refractivity contribution in [2.75, 3.05) is 5.32 Å². The van der Waals surface area contributed by atoms with Gasteiger partial charge in [-0.3, -0.25) is 19.5 Å². The van der Waals surface area contributed by atoms with Gasteiger partial charge in [0.05, 0.1) is 22.0 Å². The van der Waals surface area contributed by atoms with Crippen molar-refractivity contribution in [3.8, 4) is 5.69 Å². The predicted octanol–water partition coefficient (Wildman–Crippen LogP) is 5.13. The molecule has 0 spiro atoms. The van der Waals surface area contributed by atoms with Crippen LogP contribution < -0.4 is 10.9 Å². The molecule has 0 aliphatic carbocycles. The Balaban J connectivity index is 1.76. The number of amides is 1. The van der Waals surface area contributed by atoms with Gasteiger partial charge in [-0.15, -0.1) is 11.3 Å². The highest BCUT2D eigenvalue weighted by atomic mass is 35.5. The second-order valence-corrected chi connectivity index (χ2v) is 10.0. The van der Waals surface area contributed by atoms with Gasteiger partial charge in [0.15, 0.2) is 5.16 Å². The summed E-state index contributed by atoms with van der Waals surface area (Å²) in [5.74, 6) is -0.00495. The van der Waals surface area contributed by atoms with E-state index >= 15 is 0 Å². The standard InChI is InChI=1S/C21H19ClN4O3S2/c1-10-9-16(29-25-10)23-18(27)13(4)31-21-24-19-17(11(2)12(3)30-19)20(28)26(21)15-7-5-14(22)6-8-15/h5-9,13H,1-4H3,(H,23,27). The molecule has 0 aliphatic heterocycles. The van der Waals surface area contributed by atoms with Crippen LogP contribution in [0.5, 0.6) is 0 Å². The molecular formula is C21H19ClN4O3S2. The number of aromatic nitrogens is 3. The van der Waals surface area contributed by atoms with Gasteiger partial charge in [-0.25, -0.2) is 4.98 Å². The van der Waals surface area contributed by atoms with Crippen LogP contribution in [-0.2, 0) is 4.79 Å². The van der Waals surface area contributed by atoms with Gasteiger partial charge >= 0.3 is 0 Å². The first kappa shape index (κ1) is 21.6. The number of hydrogen-bond donors (Lipinski definition) is 1. The molecule has 1 aromatic carbocycles. The van der Waals surface area contributed by atoms with Crippen molar-refractivity contribution in [3.63, 3.8) is 0 Å². The number of thioether (sulfide) groups is 1. The van der Waals surface area contributed by atoms with E-state index in [0.29, 0.717) is 31.8 Å². The molecule has 0 saturated carbocycles. The lowest BCUT2D eigenvalue weighted by atomic mass is 10.2. The van der Waals surface area contributed by atoms with Crippen LogP contribution in [0.2, 0.25) is 5.02 Å². The molecule has 0 radical (unpaired) electrons. The van der Waals surface area contributed by atoms with Crippen LogP contribution in [0.1, 0.15) is 23.1 Å². The summed E-state index contributed by atoms with van der Waals surface area (Å²) in [4.78, 5) is 32.6. The lowest BCUT2D eigenvalue weighted by Crippen LogP contribution is -2.26. The number of halogens is 1. The second kappa shape index (κ2) is 8.49. The SMILES string of the molecule is Cc1cc(NC(=O)C(C)Sc2nc3sc(C)c(C)c3c(=O)n2-c2ccc(Cl)cc2)on1. The van der Waals surface area contributed by atoms with Gasteiger partial charge in [0, 0.05) is 16.0 Å². The van der Waals surface area contributed by atoms with Gasteiger partial charge in [-0.1, -0.05) is 28.5 Å². The zero-order valence-electron chi connectivity index (χ0n) is 17.2. The lowest BCUT2D eigenvalue weighted by molar-refractivity contribution is -0.115. The third-order valence-corrected chi connectivity index (χ3v) is 7.19.